The van der Waals surface area contributed by atoms with Crippen molar-refractivity contribution in [1.82, 2.24) is 4.57 Å². The maximum absolute atomic E-state index is 5.12. The number of benzene rings is 4. The molecular weight excluding hydrogens is 364 g/mol. The lowest BCUT2D eigenvalue weighted by molar-refractivity contribution is 0.590. The summed E-state index contributed by atoms with van der Waals surface area (Å²) in [4.78, 5) is 5.12. The lowest BCUT2D eigenvalue weighted by atomic mass is 9.86. The normalized spacial score (nSPS) is 12.9. The van der Waals surface area contributed by atoms with Crippen molar-refractivity contribution in [2.75, 3.05) is 0 Å². The minimum atomic E-state index is 0.0935. The van der Waals surface area contributed by atoms with Gasteiger partial charge in [-0.1, -0.05) is 87.5 Å². The van der Waals surface area contributed by atoms with Crippen molar-refractivity contribution < 1.29 is 0 Å². The highest BCUT2D eigenvalue weighted by Gasteiger charge is 2.17. The summed E-state index contributed by atoms with van der Waals surface area (Å²) in [6, 6.07) is 30.2. The first-order chi connectivity index (χ1) is 14.4. The molecule has 2 heteroatoms. The quantitative estimate of drug-likeness (QED) is 0.274. The Kier molecular flexibility index (Phi) is 4.25. The third kappa shape index (κ3) is 3.00. The molecule has 0 saturated carbocycles. The lowest BCUT2D eigenvalue weighted by Gasteiger charge is -2.21. The third-order valence-electron chi connectivity index (χ3n) is 5.98. The molecule has 0 N–H and O–H groups in total. The molecule has 148 valence electrons. The Bertz CT molecular complexity index is 1470. The molecule has 0 saturated heterocycles. The van der Waals surface area contributed by atoms with Crippen LogP contribution >= 0.6 is 0 Å². The van der Waals surface area contributed by atoms with E-state index in [1.807, 2.05) is 18.2 Å². The molecular formula is C28H26N2. The molecule has 4 aromatic carbocycles. The zero-order valence-electron chi connectivity index (χ0n) is 18.0. The molecule has 2 nitrogen and oxygen atoms in total. The van der Waals surface area contributed by atoms with Crippen LogP contribution in [0.25, 0.3) is 32.4 Å². The van der Waals surface area contributed by atoms with Gasteiger partial charge >= 0.3 is 0 Å². The van der Waals surface area contributed by atoms with Crippen molar-refractivity contribution in [3.63, 3.8) is 0 Å². The Morgan fingerprint density at radius 1 is 0.700 bits per heavy atom. The predicted octanol–water partition coefficient (Wildman–Crippen LogP) is 7.01. The molecule has 0 aliphatic heterocycles. The van der Waals surface area contributed by atoms with Gasteiger partial charge in [0.15, 0.2) is 0 Å². The van der Waals surface area contributed by atoms with Crippen molar-refractivity contribution in [2.24, 2.45) is 12.0 Å². The van der Waals surface area contributed by atoms with Crippen LogP contribution in [0.15, 0.2) is 89.9 Å². The van der Waals surface area contributed by atoms with Gasteiger partial charge < -0.3 is 4.57 Å². The van der Waals surface area contributed by atoms with Crippen LogP contribution in [0.4, 0.5) is 5.69 Å². The van der Waals surface area contributed by atoms with Crippen LogP contribution in [0.5, 0.6) is 0 Å². The van der Waals surface area contributed by atoms with Gasteiger partial charge in [-0.2, -0.15) is 0 Å². The van der Waals surface area contributed by atoms with Crippen LogP contribution in [-0.2, 0) is 12.5 Å². The molecule has 0 fully saturated rings. The van der Waals surface area contributed by atoms with Crippen molar-refractivity contribution in [3.05, 3.63) is 96.0 Å². The smallest absolute Gasteiger partial charge is 0.141 e. The van der Waals surface area contributed by atoms with Crippen molar-refractivity contribution in [3.8, 4) is 0 Å². The van der Waals surface area contributed by atoms with E-state index in [0.717, 1.165) is 11.2 Å². The number of aromatic nitrogens is 1. The second kappa shape index (κ2) is 6.84. The standard InChI is InChI=1S/C28H26N2/c1-28(2,3)20-15-17-23-24-16-14-19-10-8-9-13-22(19)26(24)27(30(4)25(23)18-20)29-21-11-6-5-7-12-21/h5-18H,1-4H3/b29-27-. The number of rotatable bonds is 1. The van der Waals surface area contributed by atoms with Crippen LogP contribution in [0.3, 0.4) is 0 Å². The highest BCUT2D eigenvalue weighted by Crippen LogP contribution is 2.32. The van der Waals surface area contributed by atoms with Gasteiger partial charge in [0, 0.05) is 17.8 Å². The van der Waals surface area contributed by atoms with Crippen LogP contribution in [0, 0.1) is 0 Å². The second-order valence-corrected chi connectivity index (χ2v) is 9.02. The molecule has 0 aliphatic rings. The molecule has 0 radical (unpaired) electrons. The molecule has 1 aromatic heterocycles. The Balaban J connectivity index is 2.03. The average molecular weight is 391 g/mol. The van der Waals surface area contributed by atoms with Crippen LogP contribution in [0.1, 0.15) is 26.3 Å². The fourth-order valence-corrected chi connectivity index (χ4v) is 4.28. The number of hydrogen-bond acceptors (Lipinski definition) is 1. The van der Waals surface area contributed by atoms with Crippen molar-refractivity contribution in [2.45, 2.75) is 26.2 Å². The number of para-hydroxylation sites is 1. The summed E-state index contributed by atoms with van der Waals surface area (Å²) in [6.07, 6.45) is 0. The zero-order valence-corrected chi connectivity index (χ0v) is 18.0. The van der Waals surface area contributed by atoms with Crippen LogP contribution in [0.2, 0.25) is 0 Å². The van der Waals surface area contributed by atoms with Crippen LogP contribution in [-0.4, -0.2) is 4.57 Å². The molecule has 0 bridgehead atoms. The van der Waals surface area contributed by atoms with Crippen molar-refractivity contribution >= 4 is 38.1 Å². The zero-order chi connectivity index (χ0) is 20.9. The molecule has 5 aromatic rings. The second-order valence-electron chi connectivity index (χ2n) is 9.02. The summed E-state index contributed by atoms with van der Waals surface area (Å²) in [6.45, 7) is 6.79. The fraction of sp³-hybridized carbons (Fsp3) is 0.179. The van der Waals surface area contributed by atoms with E-state index in [1.165, 1.54) is 38.0 Å². The van der Waals surface area contributed by atoms with E-state index in [2.05, 4.69) is 99.1 Å². The maximum Gasteiger partial charge on any atom is 0.141 e. The topological polar surface area (TPSA) is 17.3 Å². The number of fused-ring (bicyclic) bond motifs is 5. The van der Waals surface area contributed by atoms with Crippen LogP contribution < -0.4 is 5.49 Å². The lowest BCUT2D eigenvalue weighted by Crippen LogP contribution is -2.20. The molecule has 0 amide bonds. The monoisotopic (exact) mass is 390 g/mol. The largest absolute Gasteiger partial charge is 0.328 e. The van der Waals surface area contributed by atoms with Gasteiger partial charge in [0.25, 0.3) is 0 Å². The summed E-state index contributed by atoms with van der Waals surface area (Å²) < 4.78 is 2.26. The first-order valence-corrected chi connectivity index (χ1v) is 10.5. The van der Waals surface area contributed by atoms with Gasteiger partial charge in [-0.15, -0.1) is 0 Å². The number of pyridine rings is 1. The van der Waals surface area contributed by atoms with E-state index in [1.54, 1.807) is 0 Å². The molecule has 0 atom stereocenters. The number of nitrogens with zero attached hydrogens (tertiary/aromatic N) is 2. The first-order valence-electron chi connectivity index (χ1n) is 10.5. The first kappa shape index (κ1) is 18.6. The molecule has 0 unspecified atom stereocenters. The summed E-state index contributed by atoms with van der Waals surface area (Å²) in [5, 5.41) is 6.19. The SMILES string of the molecule is Cn1/c(=N\c2ccccc2)c2c3ccccc3ccc2c2ccc(C(C)(C)C)cc21. The van der Waals surface area contributed by atoms with Gasteiger partial charge in [-0.3, -0.25) is 0 Å². The minimum Gasteiger partial charge on any atom is -0.328 e. The summed E-state index contributed by atoms with van der Waals surface area (Å²) in [7, 11) is 2.14. The minimum absolute atomic E-state index is 0.0935. The van der Waals surface area contributed by atoms with Gasteiger partial charge in [-0.25, -0.2) is 4.99 Å². The summed E-state index contributed by atoms with van der Waals surface area (Å²) >= 11 is 0. The predicted molar refractivity (Wildman–Crippen MR) is 128 cm³/mol. The van der Waals surface area contributed by atoms with E-state index in [9.17, 15) is 0 Å². The number of aryl methyl sites for hydroxylation is 1. The third-order valence-corrected chi connectivity index (χ3v) is 5.98. The van der Waals surface area contributed by atoms with Gasteiger partial charge in [0.1, 0.15) is 5.49 Å². The van der Waals surface area contributed by atoms with Crippen molar-refractivity contribution in [1.29, 1.82) is 0 Å². The highest BCUT2D eigenvalue weighted by atomic mass is 15.0. The van der Waals surface area contributed by atoms with E-state index in [0.29, 0.717) is 0 Å². The molecule has 1 heterocycles. The highest BCUT2D eigenvalue weighted by molar-refractivity contribution is 6.16. The van der Waals surface area contributed by atoms with Gasteiger partial charge in [-0.05, 0) is 45.3 Å². The van der Waals surface area contributed by atoms with E-state index >= 15 is 0 Å². The van der Waals surface area contributed by atoms with Gasteiger partial charge in [0.2, 0.25) is 0 Å². The fourth-order valence-electron chi connectivity index (χ4n) is 4.28. The molecule has 5 rings (SSSR count). The Morgan fingerprint density at radius 3 is 2.17 bits per heavy atom. The van der Waals surface area contributed by atoms with Gasteiger partial charge in [0.05, 0.1) is 11.2 Å². The van der Waals surface area contributed by atoms with E-state index in [4.69, 9.17) is 4.99 Å². The maximum atomic E-state index is 5.12. The molecule has 30 heavy (non-hydrogen) atoms. The molecule has 0 aliphatic carbocycles. The number of hydrogen-bond donors (Lipinski definition) is 0. The summed E-state index contributed by atoms with van der Waals surface area (Å²) in [5.74, 6) is 0. The van der Waals surface area contributed by atoms with E-state index < -0.39 is 0 Å². The molecule has 0 spiro atoms. The Morgan fingerprint density at radius 2 is 1.40 bits per heavy atom. The van der Waals surface area contributed by atoms with E-state index in [-0.39, 0.29) is 5.41 Å². The Hall–Kier alpha value is -3.39. The average Bonchev–Trinajstić information content (AvgIpc) is 2.76. The summed E-state index contributed by atoms with van der Waals surface area (Å²) in [5.41, 5.74) is 4.59. The Labute approximate surface area is 177 Å².